The molecule has 100 valence electrons. The predicted octanol–water partition coefficient (Wildman–Crippen LogP) is 2.00. The predicted molar refractivity (Wildman–Crippen MR) is 62.4 cm³/mol. The van der Waals surface area contributed by atoms with Crippen LogP contribution in [0.25, 0.3) is 0 Å². The van der Waals surface area contributed by atoms with Crippen molar-refractivity contribution in [1.82, 2.24) is 0 Å². The van der Waals surface area contributed by atoms with Gasteiger partial charge in [0.2, 0.25) is 0 Å². The molecular formula is C12H15F3N2O. The summed E-state index contributed by atoms with van der Waals surface area (Å²) in [5.41, 5.74) is 5.65. The van der Waals surface area contributed by atoms with E-state index in [1.165, 1.54) is 12.1 Å². The van der Waals surface area contributed by atoms with E-state index >= 15 is 0 Å². The third-order valence-electron chi connectivity index (χ3n) is 2.99. The second-order valence-corrected chi connectivity index (χ2v) is 4.14. The number of nitrogens with zero attached hydrogens (tertiary/aromatic N) is 1. The fourth-order valence-corrected chi connectivity index (χ4v) is 2.04. The van der Waals surface area contributed by atoms with E-state index < -0.39 is 11.7 Å². The Bertz CT molecular complexity index is 414. The number of ether oxygens (including phenoxy) is 1. The number of benzene rings is 1. The molecule has 3 nitrogen and oxygen atoms in total. The zero-order valence-corrected chi connectivity index (χ0v) is 9.83. The Morgan fingerprint density at radius 3 is 2.44 bits per heavy atom. The van der Waals surface area contributed by atoms with Crippen molar-refractivity contribution in [2.45, 2.75) is 12.7 Å². The molecule has 2 rings (SSSR count). The number of morpholine rings is 1. The molecule has 1 heterocycles. The summed E-state index contributed by atoms with van der Waals surface area (Å²) in [5, 5.41) is 0. The standard InChI is InChI=1S/C12H15F3N2O/c13-12(14,15)11-2-1-10(7-9(11)8-16)17-3-5-18-6-4-17/h1-2,7H,3-6,8,16H2. The number of anilines is 1. The normalized spacial score (nSPS) is 17.0. The number of hydrogen-bond acceptors (Lipinski definition) is 3. The number of hydrogen-bond donors (Lipinski definition) is 1. The van der Waals surface area contributed by atoms with Gasteiger partial charge in [-0.1, -0.05) is 0 Å². The van der Waals surface area contributed by atoms with Crippen molar-refractivity contribution >= 4 is 5.69 Å². The van der Waals surface area contributed by atoms with Gasteiger partial charge in [-0.2, -0.15) is 13.2 Å². The lowest BCUT2D eigenvalue weighted by Crippen LogP contribution is -2.36. The van der Waals surface area contributed by atoms with Crippen LogP contribution in [0, 0.1) is 0 Å². The summed E-state index contributed by atoms with van der Waals surface area (Å²) in [6, 6.07) is 4.12. The molecule has 0 atom stereocenters. The fourth-order valence-electron chi connectivity index (χ4n) is 2.04. The largest absolute Gasteiger partial charge is 0.416 e. The summed E-state index contributed by atoms with van der Waals surface area (Å²) in [6.07, 6.45) is -4.35. The van der Waals surface area contributed by atoms with Gasteiger partial charge in [-0.15, -0.1) is 0 Å². The van der Waals surface area contributed by atoms with Crippen LogP contribution in [-0.4, -0.2) is 26.3 Å². The van der Waals surface area contributed by atoms with Crippen LogP contribution in [0.3, 0.4) is 0 Å². The first-order chi connectivity index (χ1) is 8.52. The van der Waals surface area contributed by atoms with Gasteiger partial charge >= 0.3 is 6.18 Å². The van der Waals surface area contributed by atoms with Gasteiger partial charge in [0.25, 0.3) is 0 Å². The van der Waals surface area contributed by atoms with Gasteiger partial charge in [0.1, 0.15) is 0 Å². The molecule has 0 unspecified atom stereocenters. The second-order valence-electron chi connectivity index (χ2n) is 4.14. The molecule has 0 radical (unpaired) electrons. The third-order valence-corrected chi connectivity index (χ3v) is 2.99. The first-order valence-electron chi connectivity index (χ1n) is 5.75. The summed E-state index contributed by atoms with van der Waals surface area (Å²) in [4.78, 5) is 2.00. The van der Waals surface area contributed by atoms with Gasteiger partial charge in [-0.3, -0.25) is 0 Å². The second kappa shape index (κ2) is 5.16. The minimum atomic E-state index is -4.35. The molecule has 1 aromatic rings. The third kappa shape index (κ3) is 2.76. The van der Waals surface area contributed by atoms with Crippen molar-refractivity contribution in [2.75, 3.05) is 31.2 Å². The average molecular weight is 260 g/mol. The van der Waals surface area contributed by atoms with E-state index in [1.54, 1.807) is 0 Å². The lowest BCUT2D eigenvalue weighted by molar-refractivity contribution is -0.138. The smallest absolute Gasteiger partial charge is 0.378 e. The molecule has 18 heavy (non-hydrogen) atoms. The molecule has 1 fully saturated rings. The highest BCUT2D eigenvalue weighted by atomic mass is 19.4. The molecule has 0 amide bonds. The molecule has 1 aliphatic rings. The lowest BCUT2D eigenvalue weighted by Gasteiger charge is -2.29. The molecule has 2 N–H and O–H groups in total. The van der Waals surface area contributed by atoms with Crippen LogP contribution < -0.4 is 10.6 Å². The fraction of sp³-hybridized carbons (Fsp3) is 0.500. The Labute approximate surface area is 103 Å². The van der Waals surface area contributed by atoms with Crippen LogP contribution in [0.5, 0.6) is 0 Å². The topological polar surface area (TPSA) is 38.5 Å². The highest BCUT2D eigenvalue weighted by Crippen LogP contribution is 2.34. The zero-order valence-electron chi connectivity index (χ0n) is 9.83. The Balaban J connectivity index is 2.29. The van der Waals surface area contributed by atoms with Gasteiger partial charge < -0.3 is 15.4 Å². The van der Waals surface area contributed by atoms with Gasteiger partial charge in [0, 0.05) is 25.3 Å². The summed E-state index contributed by atoms with van der Waals surface area (Å²) >= 11 is 0. The van der Waals surface area contributed by atoms with Crippen molar-refractivity contribution in [1.29, 1.82) is 0 Å². The van der Waals surface area contributed by atoms with Crippen LogP contribution in [0.15, 0.2) is 18.2 Å². The molecule has 0 aliphatic carbocycles. The SMILES string of the molecule is NCc1cc(N2CCOCC2)ccc1C(F)(F)F. The van der Waals surface area contributed by atoms with Gasteiger partial charge in [0.05, 0.1) is 18.8 Å². The lowest BCUT2D eigenvalue weighted by atomic mass is 10.1. The highest BCUT2D eigenvalue weighted by molar-refractivity contribution is 5.52. The molecule has 1 aromatic carbocycles. The van der Waals surface area contributed by atoms with Crippen LogP contribution in [0.4, 0.5) is 18.9 Å². The Kier molecular flexibility index (Phi) is 3.77. The van der Waals surface area contributed by atoms with Crippen molar-refractivity contribution in [3.8, 4) is 0 Å². The first kappa shape index (κ1) is 13.2. The van der Waals surface area contributed by atoms with Crippen LogP contribution in [0.1, 0.15) is 11.1 Å². The van der Waals surface area contributed by atoms with E-state index in [4.69, 9.17) is 10.5 Å². The number of rotatable bonds is 2. The molecular weight excluding hydrogens is 245 g/mol. The van der Waals surface area contributed by atoms with Crippen LogP contribution in [-0.2, 0) is 17.5 Å². The Hall–Kier alpha value is -1.27. The summed E-state index contributed by atoms with van der Waals surface area (Å²) in [6.45, 7) is 2.45. The van der Waals surface area contributed by atoms with Crippen molar-refractivity contribution in [3.63, 3.8) is 0 Å². The average Bonchev–Trinajstić information content (AvgIpc) is 2.38. The van der Waals surface area contributed by atoms with E-state index in [1.807, 2.05) is 4.90 Å². The first-order valence-corrected chi connectivity index (χ1v) is 5.75. The van der Waals surface area contributed by atoms with E-state index in [9.17, 15) is 13.2 Å². The molecule has 0 bridgehead atoms. The van der Waals surface area contributed by atoms with Gasteiger partial charge in [-0.05, 0) is 23.8 Å². The molecule has 6 heteroatoms. The van der Waals surface area contributed by atoms with Crippen LogP contribution >= 0.6 is 0 Å². The molecule has 1 aliphatic heterocycles. The van der Waals surface area contributed by atoms with E-state index in [0.29, 0.717) is 26.3 Å². The molecule has 0 saturated carbocycles. The number of alkyl halides is 3. The number of nitrogens with two attached hydrogens (primary N) is 1. The summed E-state index contributed by atoms with van der Waals surface area (Å²) in [7, 11) is 0. The molecule has 0 aromatic heterocycles. The van der Waals surface area contributed by atoms with Gasteiger partial charge in [0.15, 0.2) is 0 Å². The van der Waals surface area contributed by atoms with Crippen molar-refractivity contribution in [3.05, 3.63) is 29.3 Å². The van der Waals surface area contributed by atoms with E-state index in [-0.39, 0.29) is 12.1 Å². The van der Waals surface area contributed by atoms with Crippen LogP contribution in [0.2, 0.25) is 0 Å². The minimum Gasteiger partial charge on any atom is -0.378 e. The maximum Gasteiger partial charge on any atom is 0.416 e. The maximum atomic E-state index is 12.7. The minimum absolute atomic E-state index is 0.118. The Morgan fingerprint density at radius 1 is 1.22 bits per heavy atom. The summed E-state index contributed by atoms with van der Waals surface area (Å²) < 4.78 is 43.4. The zero-order chi connectivity index (χ0) is 13.2. The van der Waals surface area contributed by atoms with Crippen molar-refractivity contribution in [2.24, 2.45) is 5.73 Å². The monoisotopic (exact) mass is 260 g/mol. The molecule has 1 saturated heterocycles. The maximum absolute atomic E-state index is 12.7. The van der Waals surface area contributed by atoms with E-state index in [0.717, 1.165) is 11.8 Å². The van der Waals surface area contributed by atoms with Gasteiger partial charge in [-0.25, -0.2) is 0 Å². The Morgan fingerprint density at radius 2 is 1.89 bits per heavy atom. The van der Waals surface area contributed by atoms with Crippen molar-refractivity contribution < 1.29 is 17.9 Å². The highest BCUT2D eigenvalue weighted by Gasteiger charge is 2.33. The summed E-state index contributed by atoms with van der Waals surface area (Å²) in [5.74, 6) is 0. The number of halogens is 3. The van der Waals surface area contributed by atoms with E-state index in [2.05, 4.69) is 0 Å². The quantitative estimate of drug-likeness (QED) is 0.884. The molecule has 0 spiro atoms.